The van der Waals surface area contributed by atoms with Crippen LogP contribution in [-0.4, -0.2) is 26.0 Å². The Kier molecular flexibility index (Phi) is 3.87. The van der Waals surface area contributed by atoms with Crippen LogP contribution in [-0.2, 0) is 25.9 Å². The first-order valence-corrected chi connectivity index (χ1v) is 7.53. The average Bonchev–Trinajstić information content (AvgIpc) is 3.03. The monoisotopic (exact) mass is 273 g/mol. The number of aromatic nitrogens is 4. The molecule has 1 aliphatic rings. The Morgan fingerprint density at radius 3 is 3.25 bits per heavy atom. The molecular formula is C15H23N5. The fourth-order valence-electron chi connectivity index (χ4n) is 2.92. The van der Waals surface area contributed by atoms with Gasteiger partial charge < -0.3 is 5.32 Å². The quantitative estimate of drug-likeness (QED) is 0.875. The number of nitrogens with one attached hydrogen (secondary N) is 2. The van der Waals surface area contributed by atoms with Crippen molar-refractivity contribution in [2.75, 3.05) is 0 Å². The Balaban J connectivity index is 1.57. The van der Waals surface area contributed by atoms with E-state index in [9.17, 15) is 0 Å². The SMILES string of the molecule is CCCn1cc(CNC2CCc3[nH]ncc3C2)c(C)n1. The van der Waals surface area contributed by atoms with Crippen molar-refractivity contribution >= 4 is 0 Å². The summed E-state index contributed by atoms with van der Waals surface area (Å²) >= 11 is 0. The van der Waals surface area contributed by atoms with Crippen LogP contribution in [0.4, 0.5) is 0 Å². The molecular weight excluding hydrogens is 250 g/mol. The predicted octanol–water partition coefficient (Wildman–Crippen LogP) is 1.97. The molecule has 3 rings (SSSR count). The van der Waals surface area contributed by atoms with E-state index in [0.29, 0.717) is 6.04 Å². The third kappa shape index (κ3) is 2.77. The Labute approximate surface area is 119 Å². The number of H-pyrrole nitrogens is 1. The van der Waals surface area contributed by atoms with Crippen molar-refractivity contribution in [3.63, 3.8) is 0 Å². The van der Waals surface area contributed by atoms with Gasteiger partial charge in [0.05, 0.1) is 11.9 Å². The van der Waals surface area contributed by atoms with Gasteiger partial charge in [-0.25, -0.2) is 0 Å². The molecule has 0 aromatic carbocycles. The third-order valence-corrected chi connectivity index (χ3v) is 4.10. The molecule has 5 nitrogen and oxygen atoms in total. The molecule has 2 aromatic rings. The van der Waals surface area contributed by atoms with Gasteiger partial charge in [0, 0.05) is 36.6 Å². The van der Waals surface area contributed by atoms with E-state index in [2.05, 4.69) is 45.3 Å². The Morgan fingerprint density at radius 1 is 1.50 bits per heavy atom. The zero-order valence-electron chi connectivity index (χ0n) is 12.3. The molecule has 0 fully saturated rings. The number of hydrogen-bond donors (Lipinski definition) is 2. The minimum Gasteiger partial charge on any atom is -0.309 e. The third-order valence-electron chi connectivity index (χ3n) is 4.10. The minimum atomic E-state index is 0.550. The molecule has 0 spiro atoms. The van der Waals surface area contributed by atoms with Crippen molar-refractivity contribution in [3.8, 4) is 0 Å². The van der Waals surface area contributed by atoms with E-state index in [-0.39, 0.29) is 0 Å². The van der Waals surface area contributed by atoms with Crippen LogP contribution in [0.25, 0.3) is 0 Å². The highest BCUT2D eigenvalue weighted by molar-refractivity contribution is 5.21. The fraction of sp³-hybridized carbons (Fsp3) is 0.600. The summed E-state index contributed by atoms with van der Waals surface area (Å²) in [5.74, 6) is 0. The van der Waals surface area contributed by atoms with Gasteiger partial charge in [-0.1, -0.05) is 6.92 Å². The lowest BCUT2D eigenvalue weighted by Gasteiger charge is -2.22. The van der Waals surface area contributed by atoms with Crippen LogP contribution in [0.1, 0.15) is 42.3 Å². The maximum Gasteiger partial charge on any atom is 0.0638 e. The van der Waals surface area contributed by atoms with Gasteiger partial charge in [-0.15, -0.1) is 0 Å². The molecule has 0 saturated carbocycles. The smallest absolute Gasteiger partial charge is 0.0638 e. The zero-order chi connectivity index (χ0) is 13.9. The lowest BCUT2D eigenvalue weighted by molar-refractivity contribution is 0.455. The normalized spacial score (nSPS) is 18.2. The summed E-state index contributed by atoms with van der Waals surface area (Å²) in [6, 6.07) is 0.550. The topological polar surface area (TPSA) is 58.5 Å². The highest BCUT2D eigenvalue weighted by atomic mass is 15.3. The lowest BCUT2D eigenvalue weighted by atomic mass is 9.93. The molecule has 0 aliphatic heterocycles. The van der Waals surface area contributed by atoms with Crippen molar-refractivity contribution in [1.82, 2.24) is 25.3 Å². The maximum absolute atomic E-state index is 4.55. The van der Waals surface area contributed by atoms with Crippen LogP contribution in [0.15, 0.2) is 12.4 Å². The molecule has 2 aromatic heterocycles. The van der Waals surface area contributed by atoms with Crippen molar-refractivity contribution in [2.45, 2.75) is 58.7 Å². The Bertz CT molecular complexity index is 569. The van der Waals surface area contributed by atoms with Crippen LogP contribution < -0.4 is 5.32 Å². The second-order valence-electron chi connectivity index (χ2n) is 5.70. The van der Waals surface area contributed by atoms with Crippen LogP contribution in [0.2, 0.25) is 0 Å². The molecule has 0 bridgehead atoms. The van der Waals surface area contributed by atoms with Crippen LogP contribution >= 0.6 is 0 Å². The van der Waals surface area contributed by atoms with Gasteiger partial charge in [-0.05, 0) is 38.2 Å². The van der Waals surface area contributed by atoms with E-state index >= 15 is 0 Å². The number of nitrogens with zero attached hydrogens (tertiary/aromatic N) is 3. The first-order valence-electron chi connectivity index (χ1n) is 7.53. The molecule has 20 heavy (non-hydrogen) atoms. The summed E-state index contributed by atoms with van der Waals surface area (Å²) < 4.78 is 2.06. The number of rotatable bonds is 5. The largest absolute Gasteiger partial charge is 0.309 e. The molecule has 0 saturated heterocycles. The number of hydrogen-bond acceptors (Lipinski definition) is 3. The highest BCUT2D eigenvalue weighted by Gasteiger charge is 2.19. The summed E-state index contributed by atoms with van der Waals surface area (Å²) in [5, 5.41) is 15.4. The molecule has 0 amide bonds. The van der Waals surface area contributed by atoms with Gasteiger partial charge in [0.15, 0.2) is 0 Å². The first kappa shape index (κ1) is 13.4. The molecule has 1 unspecified atom stereocenters. The van der Waals surface area contributed by atoms with Gasteiger partial charge in [0.2, 0.25) is 0 Å². The van der Waals surface area contributed by atoms with Crippen molar-refractivity contribution in [2.24, 2.45) is 0 Å². The number of aryl methyl sites for hydroxylation is 3. The van der Waals surface area contributed by atoms with E-state index in [4.69, 9.17) is 0 Å². The van der Waals surface area contributed by atoms with Crippen molar-refractivity contribution in [1.29, 1.82) is 0 Å². The van der Waals surface area contributed by atoms with Crippen LogP contribution in [0.3, 0.4) is 0 Å². The van der Waals surface area contributed by atoms with E-state index in [1.165, 1.54) is 23.2 Å². The van der Waals surface area contributed by atoms with Gasteiger partial charge >= 0.3 is 0 Å². The summed E-state index contributed by atoms with van der Waals surface area (Å²) in [7, 11) is 0. The standard InChI is InChI=1S/C15H23N5/c1-3-6-20-10-13(11(2)19-20)8-16-14-4-5-15-12(7-14)9-17-18-15/h9-10,14,16H,3-8H2,1-2H3,(H,17,18). The molecule has 2 heterocycles. The summed E-state index contributed by atoms with van der Waals surface area (Å²) in [6.07, 6.45) is 8.62. The lowest BCUT2D eigenvalue weighted by Crippen LogP contribution is -2.33. The summed E-state index contributed by atoms with van der Waals surface area (Å²) in [6.45, 7) is 6.19. The second kappa shape index (κ2) is 5.79. The first-order chi connectivity index (χ1) is 9.76. The molecule has 1 aliphatic carbocycles. The van der Waals surface area contributed by atoms with Gasteiger partial charge in [0.25, 0.3) is 0 Å². The van der Waals surface area contributed by atoms with Crippen molar-refractivity contribution < 1.29 is 0 Å². The molecule has 0 radical (unpaired) electrons. The maximum atomic E-state index is 4.55. The Morgan fingerprint density at radius 2 is 2.40 bits per heavy atom. The second-order valence-corrected chi connectivity index (χ2v) is 5.70. The van der Waals surface area contributed by atoms with E-state index in [1.807, 2.05) is 6.20 Å². The fourth-order valence-corrected chi connectivity index (χ4v) is 2.92. The average molecular weight is 273 g/mol. The summed E-state index contributed by atoms with van der Waals surface area (Å²) in [4.78, 5) is 0. The molecule has 1 atom stereocenters. The van der Waals surface area contributed by atoms with Gasteiger partial charge in [-0.3, -0.25) is 9.78 Å². The van der Waals surface area contributed by atoms with Crippen LogP contribution in [0, 0.1) is 6.92 Å². The molecule has 2 N–H and O–H groups in total. The summed E-state index contributed by atoms with van der Waals surface area (Å²) in [5.41, 5.74) is 5.14. The Hall–Kier alpha value is -1.62. The van der Waals surface area contributed by atoms with Gasteiger partial charge in [0.1, 0.15) is 0 Å². The predicted molar refractivity (Wildman–Crippen MR) is 78.5 cm³/mol. The highest BCUT2D eigenvalue weighted by Crippen LogP contribution is 2.19. The molecule has 5 heteroatoms. The van der Waals surface area contributed by atoms with E-state index in [0.717, 1.165) is 38.0 Å². The minimum absolute atomic E-state index is 0.550. The zero-order valence-corrected chi connectivity index (χ0v) is 12.3. The van der Waals surface area contributed by atoms with Crippen molar-refractivity contribution in [3.05, 3.63) is 34.9 Å². The number of fused-ring (bicyclic) bond motifs is 1. The van der Waals surface area contributed by atoms with E-state index < -0.39 is 0 Å². The van der Waals surface area contributed by atoms with Gasteiger partial charge in [-0.2, -0.15) is 10.2 Å². The molecule has 108 valence electrons. The van der Waals surface area contributed by atoms with Crippen LogP contribution in [0.5, 0.6) is 0 Å². The number of aromatic amines is 1. The van der Waals surface area contributed by atoms with E-state index in [1.54, 1.807) is 0 Å².